The van der Waals surface area contributed by atoms with Gasteiger partial charge in [0.05, 0.1) is 23.6 Å². The molecule has 1 saturated heterocycles. The van der Waals surface area contributed by atoms with Crippen LogP contribution in [0.1, 0.15) is 39.8 Å². The molecule has 0 spiro atoms. The van der Waals surface area contributed by atoms with Gasteiger partial charge in [-0.3, -0.25) is 20.0 Å². The van der Waals surface area contributed by atoms with Crippen LogP contribution in [-0.4, -0.2) is 57.5 Å². The fourth-order valence-corrected chi connectivity index (χ4v) is 4.73. The first kappa shape index (κ1) is 28.2. The molecule has 2 aromatic carbocycles. The summed E-state index contributed by atoms with van der Waals surface area (Å²) in [5.74, 6) is -3.65. The number of aryl methyl sites for hydroxylation is 1. The van der Waals surface area contributed by atoms with Crippen molar-refractivity contribution < 1.29 is 37.0 Å². The number of H-pyrrole nitrogens is 2. The number of hydrogen-bond acceptors (Lipinski definition) is 8. The van der Waals surface area contributed by atoms with E-state index in [-0.39, 0.29) is 29.3 Å². The quantitative estimate of drug-likeness (QED) is 0.162. The van der Waals surface area contributed by atoms with Gasteiger partial charge in [0.1, 0.15) is 23.9 Å². The van der Waals surface area contributed by atoms with E-state index in [1.807, 2.05) is 37.3 Å². The largest absolute Gasteiger partial charge is 0.491 e. The van der Waals surface area contributed by atoms with E-state index in [0.717, 1.165) is 28.2 Å². The Balaban J connectivity index is 1.40. The summed E-state index contributed by atoms with van der Waals surface area (Å²) in [5.41, 5.74) is 2.05. The lowest BCUT2D eigenvalue weighted by Crippen LogP contribution is -2.44. The molecule has 1 aliphatic heterocycles. The minimum Gasteiger partial charge on any atom is -0.489 e. The molecule has 2 unspecified atom stereocenters. The minimum atomic E-state index is -5.28. The topological polar surface area (TPSA) is 131 Å². The van der Waals surface area contributed by atoms with Crippen LogP contribution in [0.15, 0.2) is 48.5 Å². The van der Waals surface area contributed by atoms with Crippen molar-refractivity contribution in [2.45, 2.75) is 38.1 Å². The highest BCUT2D eigenvalue weighted by Crippen LogP contribution is 2.30. The van der Waals surface area contributed by atoms with Crippen LogP contribution < -0.4 is 14.8 Å². The predicted molar refractivity (Wildman–Crippen MR) is 142 cm³/mol. The Bertz CT molecular complexity index is 1650. The number of hydrogen-bond donors (Lipinski definition) is 3. The van der Waals surface area contributed by atoms with E-state index in [4.69, 9.17) is 21.7 Å². The number of amides is 1. The highest BCUT2D eigenvalue weighted by Gasteiger charge is 2.42. The number of esters is 1. The van der Waals surface area contributed by atoms with Crippen LogP contribution in [-0.2, 0) is 16.1 Å². The van der Waals surface area contributed by atoms with Crippen LogP contribution in [0, 0.1) is 11.7 Å². The van der Waals surface area contributed by atoms with Gasteiger partial charge in [-0.05, 0) is 49.8 Å². The van der Waals surface area contributed by atoms with Crippen molar-refractivity contribution >= 4 is 35.0 Å². The fourth-order valence-electron chi connectivity index (χ4n) is 4.58. The van der Waals surface area contributed by atoms with Crippen LogP contribution in [0.5, 0.6) is 11.5 Å². The summed E-state index contributed by atoms with van der Waals surface area (Å²) in [7, 11) is 0. The Morgan fingerprint density at radius 1 is 1.15 bits per heavy atom. The summed E-state index contributed by atoms with van der Waals surface area (Å²) in [6.45, 7) is 2.46. The third-order valence-electron chi connectivity index (χ3n) is 6.50. The zero-order valence-electron chi connectivity index (χ0n) is 21.6. The molecule has 0 saturated carbocycles. The minimum absolute atomic E-state index is 0.0524. The standard InChI is InChI=1S/C27H24F3N5O5S/c1-14-10-15(17-4-2-3-5-20(17)31-14)12-39-16-6-7-18(22(11-16)40-25(37)27(28,29)30)24(36)32-21-8-9-38-13-19(21)23-33-26(41)35-34-23/h2-7,10-11,19,21H,8-9,12-13H2,1H3,(H,32,36)(H2,33,34,35,41). The van der Waals surface area contributed by atoms with Crippen molar-refractivity contribution in [1.29, 1.82) is 0 Å². The van der Waals surface area contributed by atoms with E-state index in [9.17, 15) is 22.8 Å². The van der Waals surface area contributed by atoms with Crippen LogP contribution in [0.4, 0.5) is 13.2 Å². The average molecular weight is 588 g/mol. The monoisotopic (exact) mass is 587 g/mol. The maximum atomic E-state index is 13.3. The normalized spacial score (nSPS) is 17.3. The summed E-state index contributed by atoms with van der Waals surface area (Å²) in [6, 6.07) is 12.5. The number of fused-ring (bicyclic) bond motifs is 1. The number of halogens is 3. The third-order valence-corrected chi connectivity index (χ3v) is 6.69. The molecule has 2 aromatic heterocycles. The molecule has 41 heavy (non-hydrogen) atoms. The molecule has 1 amide bonds. The van der Waals surface area contributed by atoms with Crippen molar-refractivity contribution in [3.63, 3.8) is 0 Å². The van der Waals surface area contributed by atoms with E-state index in [1.165, 1.54) is 12.1 Å². The van der Waals surface area contributed by atoms with Crippen molar-refractivity contribution in [2.75, 3.05) is 13.2 Å². The van der Waals surface area contributed by atoms with E-state index in [2.05, 4.69) is 30.2 Å². The number of ether oxygens (including phenoxy) is 3. The average Bonchev–Trinajstić information content (AvgIpc) is 3.37. The van der Waals surface area contributed by atoms with Gasteiger partial charge in [-0.2, -0.15) is 13.2 Å². The number of alkyl halides is 3. The van der Waals surface area contributed by atoms with Gasteiger partial charge in [-0.1, -0.05) is 18.2 Å². The van der Waals surface area contributed by atoms with Gasteiger partial charge in [-0.15, -0.1) is 0 Å². The molecule has 0 aliphatic carbocycles. The second-order valence-corrected chi connectivity index (χ2v) is 9.76. The number of aromatic nitrogens is 4. The number of nitrogens with one attached hydrogen (secondary N) is 3. The number of para-hydroxylation sites is 1. The summed E-state index contributed by atoms with van der Waals surface area (Å²) >= 11 is 5.01. The summed E-state index contributed by atoms with van der Waals surface area (Å²) in [5, 5.41) is 9.17. The Kier molecular flexibility index (Phi) is 8.03. The summed E-state index contributed by atoms with van der Waals surface area (Å²) in [6.07, 6.45) is -4.87. The van der Waals surface area contributed by atoms with E-state index < -0.39 is 35.8 Å². The van der Waals surface area contributed by atoms with E-state index >= 15 is 0 Å². The number of carbonyl (C=O) groups is 2. The van der Waals surface area contributed by atoms with Crippen molar-refractivity contribution in [1.82, 2.24) is 25.5 Å². The van der Waals surface area contributed by atoms with Crippen LogP contribution in [0.25, 0.3) is 10.9 Å². The fraction of sp³-hybridized carbons (Fsp3) is 0.296. The number of benzene rings is 2. The molecule has 5 rings (SSSR count). The van der Waals surface area contributed by atoms with E-state index in [1.54, 1.807) is 0 Å². The zero-order chi connectivity index (χ0) is 29.1. The first-order valence-electron chi connectivity index (χ1n) is 12.5. The Morgan fingerprint density at radius 2 is 1.95 bits per heavy atom. The van der Waals surface area contributed by atoms with Crippen LogP contribution in [0.3, 0.4) is 0 Å². The van der Waals surface area contributed by atoms with Crippen LogP contribution >= 0.6 is 12.2 Å². The predicted octanol–water partition coefficient (Wildman–Crippen LogP) is 4.67. The molecule has 3 heterocycles. The zero-order valence-corrected chi connectivity index (χ0v) is 22.4. The van der Waals surface area contributed by atoms with E-state index in [0.29, 0.717) is 18.9 Å². The smallest absolute Gasteiger partial charge is 0.489 e. The lowest BCUT2D eigenvalue weighted by Gasteiger charge is -2.30. The summed E-state index contributed by atoms with van der Waals surface area (Å²) in [4.78, 5) is 33.7. The second-order valence-electron chi connectivity index (χ2n) is 9.38. The van der Waals surface area contributed by atoms with Gasteiger partial charge in [-0.25, -0.2) is 9.78 Å². The first-order valence-corrected chi connectivity index (χ1v) is 12.9. The molecule has 2 atom stereocenters. The SMILES string of the molecule is Cc1cc(COc2ccc(C(=O)NC3CCOCC3c3nc(=S)[nH][nH]3)c(OC(=O)C(F)(F)F)c2)c2ccccc2n1. The Labute approximate surface area is 236 Å². The van der Waals surface area contributed by atoms with Gasteiger partial charge < -0.3 is 19.5 Å². The molecule has 1 fully saturated rings. The number of nitrogens with zero attached hydrogens (tertiary/aromatic N) is 2. The molecule has 214 valence electrons. The first-order chi connectivity index (χ1) is 19.6. The molecular weight excluding hydrogens is 563 g/mol. The maximum Gasteiger partial charge on any atom is 0.491 e. The van der Waals surface area contributed by atoms with Gasteiger partial charge in [0, 0.05) is 35.4 Å². The molecule has 0 bridgehead atoms. The molecule has 14 heteroatoms. The van der Waals surface area contributed by atoms with Gasteiger partial charge in [0.15, 0.2) is 0 Å². The highest BCUT2D eigenvalue weighted by molar-refractivity contribution is 7.71. The maximum absolute atomic E-state index is 13.3. The molecule has 1 aliphatic rings. The van der Waals surface area contributed by atoms with Crippen molar-refractivity contribution in [2.24, 2.45) is 0 Å². The summed E-state index contributed by atoms with van der Waals surface area (Å²) < 4.78 is 55.5. The number of rotatable bonds is 7. The molecular formula is C27H24F3N5O5S. The lowest BCUT2D eigenvalue weighted by molar-refractivity contribution is -0.189. The van der Waals surface area contributed by atoms with Crippen molar-refractivity contribution in [3.05, 3.63) is 75.9 Å². The lowest BCUT2D eigenvalue weighted by atomic mass is 9.94. The Morgan fingerprint density at radius 3 is 2.71 bits per heavy atom. The second kappa shape index (κ2) is 11.7. The number of aromatic amines is 2. The number of pyridine rings is 1. The molecule has 4 aromatic rings. The molecule has 10 nitrogen and oxygen atoms in total. The van der Waals surface area contributed by atoms with Crippen molar-refractivity contribution in [3.8, 4) is 11.5 Å². The Hall–Kier alpha value is -4.30. The highest BCUT2D eigenvalue weighted by atomic mass is 32.1. The van der Waals surface area contributed by atoms with Gasteiger partial charge >= 0.3 is 12.1 Å². The van der Waals surface area contributed by atoms with Gasteiger partial charge in [0.25, 0.3) is 5.91 Å². The molecule has 3 N–H and O–H groups in total. The third kappa shape index (κ3) is 6.55. The van der Waals surface area contributed by atoms with Gasteiger partial charge in [0.2, 0.25) is 4.77 Å². The van der Waals surface area contributed by atoms with Crippen LogP contribution in [0.2, 0.25) is 0 Å². The molecule has 0 radical (unpaired) electrons. The number of carbonyl (C=O) groups excluding carboxylic acids is 2.